The molecule has 0 aliphatic rings. The Morgan fingerprint density at radius 1 is 0.923 bits per heavy atom. The summed E-state index contributed by atoms with van der Waals surface area (Å²) < 4.78 is 8.54. The summed E-state index contributed by atoms with van der Waals surface area (Å²) >= 11 is 3.39. The van der Waals surface area contributed by atoms with Crippen molar-refractivity contribution in [1.82, 2.24) is 0 Å². The van der Waals surface area contributed by atoms with Crippen molar-refractivity contribution in [2.75, 3.05) is 0 Å². The van der Waals surface area contributed by atoms with Crippen LogP contribution >= 0.6 is 15.9 Å². The molecule has 0 saturated heterocycles. The molecule has 0 heterocycles. The quantitative estimate of drug-likeness (QED) is 0.696. The van der Waals surface area contributed by atoms with Crippen molar-refractivity contribution in [1.29, 1.82) is 0 Å². The predicted octanol–water partition coefficient (Wildman–Crippen LogP) is 4.12. The van der Waals surface area contributed by atoms with Crippen molar-refractivity contribution < 1.29 is 1.37 Å². The van der Waals surface area contributed by atoms with Gasteiger partial charge in [-0.3, -0.25) is 0 Å². The van der Waals surface area contributed by atoms with E-state index in [1.165, 1.54) is 0 Å². The molecule has 0 spiro atoms. The summed E-state index contributed by atoms with van der Waals surface area (Å²) in [6, 6.07) is 16.3. The Labute approximate surface area is 87.8 Å². The third-order valence-electron chi connectivity index (χ3n) is 1.86. The number of hydrogen-bond donors (Lipinski definition) is 0. The Balaban J connectivity index is 2.52. The molecule has 2 aromatic carbocycles. The van der Waals surface area contributed by atoms with Gasteiger partial charge in [-0.1, -0.05) is 58.4 Å². The second-order valence-corrected chi connectivity index (χ2v) is 3.72. The molecule has 0 radical (unpaired) electrons. The lowest BCUT2D eigenvalue weighted by atomic mass is 10.1. The molecule has 0 aromatic heterocycles. The minimum Gasteiger partial charge on any atom is -0.0622 e. The highest BCUT2D eigenvalue weighted by molar-refractivity contribution is 9.10. The van der Waals surface area contributed by atoms with Gasteiger partial charge in [-0.2, -0.15) is 0 Å². The van der Waals surface area contributed by atoms with Crippen LogP contribution in [0.2, 0.25) is 0 Å². The molecule has 13 heavy (non-hydrogen) atoms. The van der Waals surface area contributed by atoms with E-state index in [1.54, 1.807) is 6.07 Å². The Hall–Kier alpha value is -1.08. The fourth-order valence-corrected chi connectivity index (χ4v) is 1.62. The van der Waals surface area contributed by atoms with Crippen molar-refractivity contribution in [3.8, 4) is 11.1 Å². The van der Waals surface area contributed by atoms with E-state index in [4.69, 9.17) is 1.37 Å². The molecule has 0 aliphatic carbocycles. The van der Waals surface area contributed by atoms with Gasteiger partial charge >= 0.3 is 0 Å². The van der Waals surface area contributed by atoms with Crippen LogP contribution in [-0.4, -0.2) is 0 Å². The van der Waals surface area contributed by atoms with Crippen molar-refractivity contribution in [3.63, 3.8) is 0 Å². The summed E-state index contributed by atoms with van der Waals surface area (Å²) in [5, 5.41) is 0. The zero-order valence-corrected chi connectivity index (χ0v) is 8.58. The van der Waals surface area contributed by atoms with Gasteiger partial charge in [-0.15, -0.1) is 0 Å². The van der Waals surface area contributed by atoms with E-state index in [-0.39, 0.29) is 0 Å². The van der Waals surface area contributed by atoms with Crippen molar-refractivity contribution in [3.05, 3.63) is 59.0 Å². The molecule has 1 heteroatoms. The van der Waals surface area contributed by atoms with E-state index in [2.05, 4.69) is 15.9 Å². The molecule has 64 valence electrons. The number of benzene rings is 2. The van der Waals surface area contributed by atoms with Crippen LogP contribution in [0.1, 0.15) is 1.37 Å². The Bertz CT molecular complexity index is 417. The van der Waals surface area contributed by atoms with Crippen molar-refractivity contribution in [2.24, 2.45) is 0 Å². The van der Waals surface area contributed by atoms with Crippen molar-refractivity contribution >= 4 is 15.9 Å². The summed E-state index contributed by atoms with van der Waals surface area (Å²) in [4.78, 5) is 0. The Kier molecular flexibility index (Phi) is 2.12. The Morgan fingerprint density at radius 3 is 2.38 bits per heavy atom. The van der Waals surface area contributed by atoms with Gasteiger partial charge in [0.25, 0.3) is 0 Å². The fourth-order valence-electron chi connectivity index (χ4n) is 1.24. The lowest BCUT2D eigenvalue weighted by molar-refractivity contribution is 1.59. The summed E-state index contributed by atoms with van der Waals surface area (Å²) in [7, 11) is 0. The molecule has 0 N–H and O–H groups in total. The van der Waals surface area contributed by atoms with Gasteiger partial charge < -0.3 is 0 Å². The van der Waals surface area contributed by atoms with Crippen LogP contribution in [0.4, 0.5) is 0 Å². The molecule has 0 amide bonds. The van der Waals surface area contributed by atoms with Crippen LogP contribution in [0.25, 0.3) is 11.1 Å². The highest BCUT2D eigenvalue weighted by Gasteiger charge is 1.95. The molecule has 0 aliphatic heterocycles. The smallest absolute Gasteiger partial charge is 0.0622 e. The second-order valence-electron chi connectivity index (χ2n) is 2.81. The van der Waals surface area contributed by atoms with E-state index in [0.717, 1.165) is 15.6 Å². The van der Waals surface area contributed by atoms with Gasteiger partial charge in [0.15, 0.2) is 0 Å². The van der Waals surface area contributed by atoms with Gasteiger partial charge in [0.1, 0.15) is 0 Å². The van der Waals surface area contributed by atoms with Gasteiger partial charge in [0.2, 0.25) is 0 Å². The molecule has 0 bridgehead atoms. The normalized spacial score (nSPS) is 11.0. The van der Waals surface area contributed by atoms with Crippen molar-refractivity contribution in [2.45, 2.75) is 0 Å². The summed E-state index contributed by atoms with van der Waals surface area (Å²) in [6.07, 6.45) is 0. The van der Waals surface area contributed by atoms with Crippen LogP contribution in [0.15, 0.2) is 59.0 Å². The Morgan fingerprint density at radius 2 is 1.69 bits per heavy atom. The monoisotopic (exact) mass is 233 g/mol. The first kappa shape index (κ1) is 7.34. The third-order valence-corrected chi connectivity index (χ3v) is 2.32. The van der Waals surface area contributed by atoms with E-state index in [0.29, 0.717) is 6.04 Å². The SMILES string of the molecule is [2H]c1cc(Br)cc(-c2ccccc2)c1. The third kappa shape index (κ3) is 1.99. The summed E-state index contributed by atoms with van der Waals surface area (Å²) in [6.45, 7) is 0. The molecular formula is C12H9Br. The lowest BCUT2D eigenvalue weighted by Gasteiger charge is -2.00. The zero-order valence-electron chi connectivity index (χ0n) is 8.00. The number of hydrogen-bond acceptors (Lipinski definition) is 0. The summed E-state index contributed by atoms with van der Waals surface area (Å²) in [5.41, 5.74) is 2.22. The molecule has 0 fully saturated rings. The molecule has 2 aromatic rings. The maximum Gasteiger partial charge on any atom is 0.0623 e. The van der Waals surface area contributed by atoms with Crippen LogP contribution in [0, 0.1) is 0 Å². The minimum absolute atomic E-state index is 0.526. The average Bonchev–Trinajstić information content (AvgIpc) is 2.18. The standard InChI is InChI=1S/C12H9Br/c13-12-8-4-7-11(9-12)10-5-2-1-3-6-10/h1-9H/i4D. The molecular weight excluding hydrogens is 224 g/mol. The van der Waals surface area contributed by atoms with Crippen LogP contribution in [-0.2, 0) is 0 Å². The number of halogens is 1. The largest absolute Gasteiger partial charge is 0.0623 e. The fraction of sp³-hybridized carbons (Fsp3) is 0. The summed E-state index contributed by atoms with van der Waals surface area (Å²) in [5.74, 6) is 0. The second kappa shape index (κ2) is 3.75. The van der Waals surface area contributed by atoms with Crippen LogP contribution < -0.4 is 0 Å². The average molecular weight is 234 g/mol. The van der Waals surface area contributed by atoms with E-state index in [9.17, 15) is 0 Å². The molecule has 0 nitrogen and oxygen atoms in total. The van der Waals surface area contributed by atoms with E-state index in [1.807, 2.05) is 42.5 Å². The molecule has 0 atom stereocenters. The van der Waals surface area contributed by atoms with Gasteiger partial charge in [0, 0.05) is 4.47 Å². The van der Waals surface area contributed by atoms with Crippen LogP contribution in [0.5, 0.6) is 0 Å². The first-order valence-corrected chi connectivity index (χ1v) is 4.87. The van der Waals surface area contributed by atoms with E-state index >= 15 is 0 Å². The maximum atomic E-state index is 7.60. The molecule has 0 unspecified atom stereocenters. The highest BCUT2D eigenvalue weighted by atomic mass is 79.9. The van der Waals surface area contributed by atoms with Gasteiger partial charge in [-0.05, 0) is 23.3 Å². The lowest BCUT2D eigenvalue weighted by Crippen LogP contribution is -1.75. The minimum atomic E-state index is 0.526. The molecule has 2 rings (SSSR count). The first-order valence-electron chi connectivity index (χ1n) is 4.58. The first-order chi connectivity index (χ1) is 6.75. The molecule has 0 saturated carbocycles. The highest BCUT2D eigenvalue weighted by Crippen LogP contribution is 2.22. The van der Waals surface area contributed by atoms with Gasteiger partial charge in [0.05, 0.1) is 1.37 Å². The predicted molar refractivity (Wildman–Crippen MR) is 59.6 cm³/mol. The van der Waals surface area contributed by atoms with Gasteiger partial charge in [-0.25, -0.2) is 0 Å². The topological polar surface area (TPSA) is 0 Å². The van der Waals surface area contributed by atoms with Crippen LogP contribution in [0.3, 0.4) is 0 Å². The zero-order chi connectivity index (χ0) is 9.97. The number of rotatable bonds is 1. The van der Waals surface area contributed by atoms with E-state index < -0.39 is 0 Å². The maximum absolute atomic E-state index is 7.60.